The maximum atomic E-state index is 11.8. The van der Waals surface area contributed by atoms with E-state index < -0.39 is 91.9 Å². The molecule has 0 radical (unpaired) electrons. The lowest BCUT2D eigenvalue weighted by Crippen LogP contribution is -2.66. The van der Waals surface area contributed by atoms with Crippen LogP contribution in [0.25, 0.3) is 31.3 Å². The lowest BCUT2D eigenvalue weighted by atomic mass is 9.94. The van der Waals surface area contributed by atoms with Crippen molar-refractivity contribution in [3.8, 4) is 0 Å². The number of hydrogen-bond acceptors (Lipinski definition) is 15. The van der Waals surface area contributed by atoms with Crippen LogP contribution in [0.2, 0.25) is 0 Å². The maximum Gasteiger partial charge on any atom is 0.305 e. The number of carbonyl (C=O) groups is 1. The molecule has 3 saturated heterocycles. The molecule has 0 bridgehead atoms. The first-order valence-corrected chi connectivity index (χ1v) is 24.9. The van der Waals surface area contributed by atoms with Gasteiger partial charge in [0.15, 0.2) is 18.9 Å². The summed E-state index contributed by atoms with van der Waals surface area (Å²) in [6.07, 6.45) is -10.6. The molecule has 0 aromatic heterocycles. The smallest absolute Gasteiger partial charge is 0.305 e. The van der Waals surface area contributed by atoms with Gasteiger partial charge in [0.05, 0.1) is 70.0 Å². The summed E-state index contributed by atoms with van der Waals surface area (Å²) in [5, 5.41) is 12.6. The first-order valence-electron chi connectivity index (χ1n) is 24.9. The second-order valence-electron chi connectivity index (χ2n) is 18.2. The molecule has 15 atom stereocenters. The van der Waals surface area contributed by atoms with Crippen LogP contribution in [0.15, 0.2) is 137 Å². The van der Waals surface area contributed by atoms with Gasteiger partial charge < -0.3 is 52.1 Å². The van der Waals surface area contributed by atoms with Gasteiger partial charge in [0.2, 0.25) is 0 Å². The van der Waals surface area contributed by atoms with Gasteiger partial charge in [-0.2, -0.15) is 0 Å². The summed E-state index contributed by atoms with van der Waals surface area (Å²) in [6.45, 7) is 5.84. The van der Waals surface area contributed by atoms with Crippen molar-refractivity contribution in [2.24, 2.45) is 15.3 Å². The highest BCUT2D eigenvalue weighted by Gasteiger charge is 2.55. The van der Waals surface area contributed by atoms with Crippen LogP contribution in [0.5, 0.6) is 0 Å². The van der Waals surface area contributed by atoms with E-state index in [1.807, 2.05) is 121 Å². The molecule has 3 fully saturated rings. The summed E-state index contributed by atoms with van der Waals surface area (Å²) < 4.78 is 72.5. The van der Waals surface area contributed by atoms with Crippen LogP contribution < -0.4 is 0 Å². The number of methoxy groups -OCH3 is 1. The Balaban J connectivity index is 1.29. The predicted octanol–water partition coefficient (Wildman–Crippen LogP) is 10.1. The molecular formula is C53H65N9O12. The average molecular weight is 1020 g/mol. The lowest BCUT2D eigenvalue weighted by molar-refractivity contribution is -0.380. The van der Waals surface area contributed by atoms with Crippen LogP contribution in [0.3, 0.4) is 0 Å². The van der Waals surface area contributed by atoms with Gasteiger partial charge >= 0.3 is 5.97 Å². The van der Waals surface area contributed by atoms with Gasteiger partial charge in [-0.15, -0.1) is 0 Å². The van der Waals surface area contributed by atoms with Crippen molar-refractivity contribution in [2.75, 3.05) is 13.7 Å². The highest BCUT2D eigenvalue weighted by Crippen LogP contribution is 2.39. The number of carbonyl (C=O) groups excluding carboxylic acids is 1. The molecule has 0 saturated carbocycles. The number of esters is 1. The largest absolute Gasteiger partial charge is 0.469 e. The topological polar surface area (TPSA) is 265 Å². The fraction of sp³-hybridized carbons (Fsp3) is 0.528. The molecule has 21 heteroatoms. The highest BCUT2D eigenvalue weighted by atomic mass is 16.8. The monoisotopic (exact) mass is 1020 g/mol. The predicted molar refractivity (Wildman–Crippen MR) is 268 cm³/mol. The van der Waals surface area contributed by atoms with Gasteiger partial charge in [0.1, 0.15) is 36.6 Å². The third-order valence-corrected chi connectivity index (χ3v) is 13.1. The van der Waals surface area contributed by atoms with Gasteiger partial charge in [-0.25, -0.2) is 0 Å². The third-order valence-electron chi connectivity index (χ3n) is 13.1. The van der Waals surface area contributed by atoms with Gasteiger partial charge in [0, 0.05) is 27.8 Å². The SMILES string of the molecule is COC(=O)CCCCCO[C@H]1OC(C)C(N=[N+]=[N-])C(OCc2ccccc2)C1O[C@H]1OC(C)C(N=[N+]=[N-])C(OCc2ccccc2)C1O[C@H]1OC(C)C(N=[N+]=[N-])C(OCc2ccccc2)C1OCc1ccccc1. The van der Waals surface area contributed by atoms with Crippen molar-refractivity contribution < 1.29 is 56.9 Å². The number of benzene rings is 4. The maximum absolute atomic E-state index is 11.8. The van der Waals surface area contributed by atoms with E-state index in [-0.39, 0.29) is 45.4 Å². The molecule has 0 spiro atoms. The lowest BCUT2D eigenvalue weighted by Gasteiger charge is -2.50. The van der Waals surface area contributed by atoms with Gasteiger partial charge in [-0.1, -0.05) is 143 Å². The molecule has 0 amide bonds. The van der Waals surface area contributed by atoms with E-state index in [4.69, 9.17) is 52.1 Å². The van der Waals surface area contributed by atoms with Crippen molar-refractivity contribution in [1.82, 2.24) is 0 Å². The number of rotatable bonds is 26. The molecule has 12 unspecified atom stereocenters. The number of nitrogens with zero attached hydrogens (tertiary/aromatic N) is 9. The fourth-order valence-corrected chi connectivity index (χ4v) is 9.23. The summed E-state index contributed by atoms with van der Waals surface area (Å²) in [5.41, 5.74) is 33.3. The average Bonchev–Trinajstić information content (AvgIpc) is 3.42. The number of unbranched alkanes of at least 4 members (excludes halogenated alkanes) is 2. The Hall–Kier alpha value is -6.12. The van der Waals surface area contributed by atoms with Crippen LogP contribution in [0.4, 0.5) is 0 Å². The minimum Gasteiger partial charge on any atom is -0.469 e. The van der Waals surface area contributed by atoms with Crippen LogP contribution >= 0.6 is 0 Å². The highest BCUT2D eigenvalue weighted by molar-refractivity contribution is 5.68. The molecule has 0 N–H and O–H groups in total. The Morgan fingerprint density at radius 3 is 1.18 bits per heavy atom. The summed E-state index contributed by atoms with van der Waals surface area (Å²) in [6, 6.07) is 35.3. The standard InChI is InChI=1S/C53H65N9O12/c1-34-43(58-61-55)46(67-31-38-22-12-6-13-23-38)49(51(70-34)65-29-19-9-18-28-41(63)64-4)73-53-50(47(44(59-62-56)36(3)72-53)68-32-39-24-14-7-15-25-39)74-52-48(69-33-40-26-16-8-17-27-40)45(42(57-60-54)35(2)71-52)66-30-37-20-10-5-11-21-37/h5-8,10-17,20-27,34-36,42-53H,9,18-19,28-33H2,1-4H3/t34?,35?,36?,42?,43?,44?,45?,46?,47?,48?,49?,50?,51-,52+,53+/m0/s1. The first-order chi connectivity index (χ1) is 36.2. The minimum absolute atomic E-state index is 0.0629. The first kappa shape index (κ1) is 55.6. The Bertz CT molecular complexity index is 2460. The van der Waals surface area contributed by atoms with Gasteiger partial charge in [0.25, 0.3) is 0 Å². The van der Waals surface area contributed by atoms with Crippen LogP contribution in [-0.4, -0.2) is 112 Å². The molecule has 3 aliphatic rings. The Morgan fingerprint density at radius 1 is 0.459 bits per heavy atom. The molecule has 4 aromatic carbocycles. The molecular weight excluding hydrogens is 955 g/mol. The normalized spacial score (nSPS) is 29.7. The van der Waals surface area contributed by atoms with E-state index in [9.17, 15) is 21.4 Å². The zero-order chi connectivity index (χ0) is 52.1. The Morgan fingerprint density at radius 2 is 0.797 bits per heavy atom. The number of hydrogen-bond donors (Lipinski definition) is 0. The second kappa shape index (κ2) is 29.1. The van der Waals surface area contributed by atoms with Crippen molar-refractivity contribution in [3.63, 3.8) is 0 Å². The fourth-order valence-electron chi connectivity index (χ4n) is 9.23. The third kappa shape index (κ3) is 15.5. The Kier molecular flexibility index (Phi) is 21.9. The van der Waals surface area contributed by atoms with Crippen molar-refractivity contribution in [3.05, 3.63) is 175 Å². The second-order valence-corrected chi connectivity index (χ2v) is 18.2. The van der Waals surface area contributed by atoms with Crippen molar-refractivity contribution in [2.45, 2.75) is 165 Å². The molecule has 3 aliphatic heterocycles. The zero-order valence-corrected chi connectivity index (χ0v) is 42.0. The van der Waals surface area contributed by atoms with Crippen molar-refractivity contribution >= 4 is 5.97 Å². The quantitative estimate of drug-likeness (QED) is 0.0187. The van der Waals surface area contributed by atoms with E-state index in [2.05, 4.69) is 30.1 Å². The van der Waals surface area contributed by atoms with E-state index in [0.29, 0.717) is 19.3 Å². The summed E-state index contributed by atoms with van der Waals surface area (Å²) >= 11 is 0. The zero-order valence-electron chi connectivity index (χ0n) is 42.0. The molecule has 74 heavy (non-hydrogen) atoms. The number of azide groups is 3. The molecule has 3 heterocycles. The van der Waals surface area contributed by atoms with Crippen LogP contribution in [-0.2, 0) is 83.3 Å². The summed E-state index contributed by atoms with van der Waals surface area (Å²) in [4.78, 5) is 21.4. The molecule has 0 aliphatic carbocycles. The molecule has 21 nitrogen and oxygen atoms in total. The van der Waals surface area contributed by atoms with E-state index in [1.54, 1.807) is 20.8 Å². The summed E-state index contributed by atoms with van der Waals surface area (Å²) in [5.74, 6) is -0.300. The van der Waals surface area contributed by atoms with E-state index in [0.717, 1.165) is 22.3 Å². The number of ether oxygens (including phenoxy) is 11. The van der Waals surface area contributed by atoms with Crippen molar-refractivity contribution in [1.29, 1.82) is 0 Å². The van der Waals surface area contributed by atoms with Crippen LogP contribution in [0.1, 0.15) is 68.7 Å². The minimum atomic E-state index is -1.38. The Labute approximate surface area is 430 Å². The molecule has 4 aromatic rings. The molecule has 394 valence electrons. The molecule has 7 rings (SSSR count). The van der Waals surface area contributed by atoms with Crippen LogP contribution in [0, 0.1) is 0 Å². The van der Waals surface area contributed by atoms with E-state index >= 15 is 0 Å². The summed E-state index contributed by atoms with van der Waals surface area (Å²) in [7, 11) is 1.36. The van der Waals surface area contributed by atoms with Gasteiger partial charge in [-0.05, 0) is 72.5 Å². The van der Waals surface area contributed by atoms with Gasteiger partial charge in [-0.3, -0.25) is 4.79 Å². The van der Waals surface area contributed by atoms with E-state index in [1.165, 1.54) is 7.11 Å².